The molecule has 0 saturated heterocycles. The van der Waals surface area contributed by atoms with Crippen molar-refractivity contribution in [2.24, 2.45) is 0 Å². The molecule has 0 radical (unpaired) electrons. The van der Waals surface area contributed by atoms with Crippen LogP contribution in [0.15, 0.2) is 30.5 Å². The van der Waals surface area contributed by atoms with E-state index in [1.54, 1.807) is 11.1 Å². The van der Waals surface area contributed by atoms with E-state index in [1.807, 2.05) is 31.2 Å². The monoisotopic (exact) mass is 242 g/mol. The molecule has 1 aromatic carbocycles. The van der Waals surface area contributed by atoms with Crippen LogP contribution in [-0.2, 0) is 11.3 Å². The quantitative estimate of drug-likeness (QED) is 0.835. The lowest BCUT2D eigenvalue weighted by molar-refractivity contribution is 0.120. The molecule has 0 aliphatic carbocycles. The summed E-state index contributed by atoms with van der Waals surface area (Å²) in [7, 11) is 0. The number of hydrogen-bond donors (Lipinski definition) is 1. The van der Waals surface area contributed by atoms with Crippen molar-refractivity contribution >= 4 is 23.1 Å². The Kier molecular flexibility index (Phi) is 2.55. The maximum atomic E-state index is 11.7. The van der Waals surface area contributed by atoms with Gasteiger partial charge in [0.2, 0.25) is 0 Å². The number of fused-ring (bicyclic) bond motifs is 3. The normalized spacial score (nSPS) is 13.7. The third kappa shape index (κ3) is 1.66. The number of H-pyrrole nitrogens is 1. The molecular weight excluding hydrogens is 228 g/mol. The molecule has 4 nitrogen and oxygen atoms in total. The number of para-hydroxylation sites is 1. The zero-order valence-corrected chi connectivity index (χ0v) is 10.1. The highest BCUT2D eigenvalue weighted by Gasteiger charge is 2.20. The largest absolute Gasteiger partial charge is 0.449 e. The fraction of sp³-hybridized carbons (Fsp3) is 0.214. The lowest BCUT2D eigenvalue weighted by atomic mass is 10.1. The van der Waals surface area contributed by atoms with Gasteiger partial charge in [0.05, 0.1) is 13.2 Å². The van der Waals surface area contributed by atoms with Crippen LogP contribution in [0.25, 0.3) is 17.0 Å². The number of benzene rings is 1. The van der Waals surface area contributed by atoms with Crippen molar-refractivity contribution in [2.45, 2.75) is 13.5 Å². The number of amides is 1. The van der Waals surface area contributed by atoms with Gasteiger partial charge in [-0.25, -0.2) is 4.79 Å². The molecule has 0 saturated carbocycles. The number of ether oxygens (including phenoxy) is 1. The first-order valence-corrected chi connectivity index (χ1v) is 6.00. The zero-order chi connectivity index (χ0) is 12.5. The molecule has 0 bridgehead atoms. The van der Waals surface area contributed by atoms with Crippen LogP contribution in [0.1, 0.15) is 18.2 Å². The van der Waals surface area contributed by atoms with Gasteiger partial charge >= 0.3 is 6.09 Å². The summed E-state index contributed by atoms with van der Waals surface area (Å²) in [5.41, 5.74) is 3.30. The van der Waals surface area contributed by atoms with E-state index in [9.17, 15) is 4.79 Å². The van der Waals surface area contributed by atoms with Crippen molar-refractivity contribution in [3.05, 3.63) is 41.7 Å². The predicted octanol–water partition coefficient (Wildman–Crippen LogP) is 3.11. The van der Waals surface area contributed by atoms with E-state index in [0.29, 0.717) is 13.2 Å². The SMILES string of the molecule is CCOC(=O)N1C=Cc2[nH]c3ccccc3c2C1. The van der Waals surface area contributed by atoms with E-state index < -0.39 is 0 Å². The molecule has 1 amide bonds. The second kappa shape index (κ2) is 4.22. The lowest BCUT2D eigenvalue weighted by Crippen LogP contribution is -2.27. The standard InChI is InChI=1S/C14H14N2O2/c1-2-18-14(17)16-8-7-13-11(9-16)10-5-3-4-6-12(10)15-13/h3-8,15H,2,9H2,1H3. The van der Waals surface area contributed by atoms with Gasteiger partial charge in [-0.15, -0.1) is 0 Å². The minimum atomic E-state index is -0.301. The van der Waals surface area contributed by atoms with Crippen LogP contribution >= 0.6 is 0 Å². The van der Waals surface area contributed by atoms with Crippen LogP contribution in [0.4, 0.5) is 4.79 Å². The van der Waals surface area contributed by atoms with Crippen molar-refractivity contribution in [2.75, 3.05) is 6.61 Å². The van der Waals surface area contributed by atoms with Crippen molar-refractivity contribution in [1.82, 2.24) is 9.88 Å². The Hall–Kier alpha value is -2.23. The molecule has 0 fully saturated rings. The van der Waals surface area contributed by atoms with E-state index >= 15 is 0 Å². The number of aromatic nitrogens is 1. The number of nitrogens with one attached hydrogen (secondary N) is 1. The van der Waals surface area contributed by atoms with Gasteiger partial charge in [-0.3, -0.25) is 4.90 Å². The molecule has 4 heteroatoms. The Bertz CT molecular complexity index is 628. The molecule has 1 aliphatic heterocycles. The zero-order valence-electron chi connectivity index (χ0n) is 10.1. The number of hydrogen-bond acceptors (Lipinski definition) is 2. The lowest BCUT2D eigenvalue weighted by Gasteiger charge is -2.21. The third-order valence-electron chi connectivity index (χ3n) is 3.10. The van der Waals surface area contributed by atoms with E-state index in [1.165, 1.54) is 0 Å². The summed E-state index contributed by atoms with van der Waals surface area (Å²) < 4.78 is 5.01. The second-order valence-electron chi connectivity index (χ2n) is 4.21. The van der Waals surface area contributed by atoms with E-state index in [4.69, 9.17) is 4.74 Å². The van der Waals surface area contributed by atoms with Crippen molar-refractivity contribution in [3.63, 3.8) is 0 Å². The van der Waals surface area contributed by atoms with Crippen LogP contribution in [0.3, 0.4) is 0 Å². The fourth-order valence-corrected chi connectivity index (χ4v) is 2.25. The maximum absolute atomic E-state index is 11.7. The summed E-state index contributed by atoms with van der Waals surface area (Å²) in [6.07, 6.45) is 3.37. The molecule has 0 spiro atoms. The maximum Gasteiger partial charge on any atom is 0.414 e. The Balaban J connectivity index is 1.98. The molecule has 1 N–H and O–H groups in total. The number of aromatic amines is 1. The predicted molar refractivity (Wildman–Crippen MR) is 69.9 cm³/mol. The molecule has 1 aliphatic rings. The first-order chi connectivity index (χ1) is 8.79. The van der Waals surface area contributed by atoms with Gasteiger partial charge in [0, 0.05) is 28.4 Å². The van der Waals surface area contributed by atoms with Crippen molar-refractivity contribution in [1.29, 1.82) is 0 Å². The minimum absolute atomic E-state index is 0.301. The van der Waals surface area contributed by atoms with Crippen LogP contribution in [0.5, 0.6) is 0 Å². The summed E-state index contributed by atoms with van der Waals surface area (Å²) in [4.78, 5) is 16.6. The number of rotatable bonds is 1. The van der Waals surface area contributed by atoms with E-state index in [2.05, 4.69) is 11.1 Å². The summed E-state index contributed by atoms with van der Waals surface area (Å²) in [5.74, 6) is 0. The molecule has 3 rings (SSSR count). The first kappa shape index (κ1) is 10.9. The Morgan fingerprint density at radius 1 is 1.44 bits per heavy atom. The van der Waals surface area contributed by atoms with Gasteiger partial charge in [-0.1, -0.05) is 18.2 Å². The smallest absolute Gasteiger partial charge is 0.414 e. The number of nitrogens with zero attached hydrogens (tertiary/aromatic N) is 1. The highest BCUT2D eigenvalue weighted by molar-refractivity contribution is 5.88. The van der Waals surface area contributed by atoms with Gasteiger partial charge in [0.15, 0.2) is 0 Å². The fourth-order valence-electron chi connectivity index (χ4n) is 2.25. The Labute approximate surface area is 105 Å². The summed E-state index contributed by atoms with van der Waals surface area (Å²) in [5, 5.41) is 1.16. The van der Waals surface area contributed by atoms with E-state index in [-0.39, 0.29) is 6.09 Å². The molecule has 18 heavy (non-hydrogen) atoms. The second-order valence-corrected chi connectivity index (χ2v) is 4.21. The summed E-state index contributed by atoms with van der Waals surface area (Å²) >= 11 is 0. The van der Waals surface area contributed by atoms with Crippen LogP contribution in [-0.4, -0.2) is 22.6 Å². The molecule has 2 heterocycles. The molecule has 2 aromatic rings. The minimum Gasteiger partial charge on any atom is -0.449 e. The van der Waals surface area contributed by atoms with E-state index in [0.717, 1.165) is 22.2 Å². The van der Waals surface area contributed by atoms with Crippen molar-refractivity contribution in [3.8, 4) is 0 Å². The van der Waals surface area contributed by atoms with Crippen LogP contribution in [0, 0.1) is 0 Å². The van der Waals surface area contributed by atoms with Crippen LogP contribution in [0.2, 0.25) is 0 Å². The molecule has 0 atom stereocenters. The average Bonchev–Trinajstić information content (AvgIpc) is 2.76. The van der Waals surface area contributed by atoms with Crippen molar-refractivity contribution < 1.29 is 9.53 Å². The molecule has 1 aromatic heterocycles. The first-order valence-electron chi connectivity index (χ1n) is 6.00. The Morgan fingerprint density at radius 2 is 2.28 bits per heavy atom. The van der Waals surface area contributed by atoms with Gasteiger partial charge in [0.1, 0.15) is 0 Å². The molecular formula is C14H14N2O2. The number of carbonyl (C=O) groups is 1. The highest BCUT2D eigenvalue weighted by atomic mass is 16.6. The highest BCUT2D eigenvalue weighted by Crippen LogP contribution is 2.28. The van der Waals surface area contributed by atoms with Gasteiger partial charge in [-0.2, -0.15) is 0 Å². The average molecular weight is 242 g/mol. The van der Waals surface area contributed by atoms with Crippen LogP contribution < -0.4 is 0 Å². The van der Waals surface area contributed by atoms with Gasteiger partial charge < -0.3 is 9.72 Å². The summed E-state index contributed by atoms with van der Waals surface area (Å²) in [6, 6.07) is 8.10. The molecule has 0 unspecified atom stereocenters. The third-order valence-corrected chi connectivity index (χ3v) is 3.10. The Morgan fingerprint density at radius 3 is 3.11 bits per heavy atom. The summed E-state index contributed by atoms with van der Waals surface area (Å²) in [6.45, 7) is 2.75. The van der Waals surface area contributed by atoms with Gasteiger partial charge in [-0.05, 0) is 19.1 Å². The molecule has 92 valence electrons. The topological polar surface area (TPSA) is 45.3 Å². The van der Waals surface area contributed by atoms with Gasteiger partial charge in [0.25, 0.3) is 0 Å². The number of carbonyl (C=O) groups excluding carboxylic acids is 1.